The van der Waals surface area contributed by atoms with Gasteiger partial charge in [-0.3, -0.25) is 0 Å². The van der Waals surface area contributed by atoms with Gasteiger partial charge in [-0.05, 0) is 50.5 Å². The van der Waals surface area contributed by atoms with Crippen molar-refractivity contribution in [2.24, 2.45) is 0 Å². The lowest BCUT2D eigenvalue weighted by Crippen LogP contribution is -2.59. The van der Waals surface area contributed by atoms with Gasteiger partial charge >= 0.3 is 5.51 Å². The molecule has 0 amide bonds. The highest BCUT2D eigenvalue weighted by atomic mass is 32.2. The van der Waals surface area contributed by atoms with E-state index in [4.69, 9.17) is 4.74 Å². The smallest absolute Gasteiger partial charge is 0.371 e. The van der Waals surface area contributed by atoms with Crippen molar-refractivity contribution in [2.75, 3.05) is 18.1 Å². The predicted octanol–water partition coefficient (Wildman–Crippen LogP) is 3.46. The van der Waals surface area contributed by atoms with Crippen LogP contribution in [-0.2, 0) is 15.5 Å². The topological polar surface area (TPSA) is 29.5 Å². The molecule has 0 N–H and O–H groups in total. The quantitative estimate of drug-likeness (QED) is 0.830. The van der Waals surface area contributed by atoms with Crippen LogP contribution in [0.2, 0.25) is 0 Å². The van der Waals surface area contributed by atoms with E-state index in [9.17, 15) is 17.4 Å². The van der Waals surface area contributed by atoms with Crippen LogP contribution in [0.3, 0.4) is 0 Å². The minimum absolute atomic E-state index is 0.0834. The molecule has 3 nitrogen and oxygen atoms in total. The molecule has 3 rings (SSSR count). The molecule has 2 aliphatic rings. The van der Waals surface area contributed by atoms with Gasteiger partial charge in [0.2, 0.25) is 0 Å². The minimum Gasteiger partial charge on any atom is -0.371 e. The monoisotopic (exact) mass is 333 g/mol. The summed E-state index contributed by atoms with van der Waals surface area (Å²) >= 11 is 0. The van der Waals surface area contributed by atoms with Gasteiger partial charge in [0.15, 0.2) is 10.8 Å². The van der Waals surface area contributed by atoms with E-state index in [1.807, 2.05) is 6.92 Å². The molecule has 1 heterocycles. The van der Waals surface area contributed by atoms with Crippen LogP contribution in [0.25, 0.3) is 0 Å². The highest BCUT2D eigenvalue weighted by molar-refractivity contribution is 7.86. The molecule has 0 bridgehead atoms. The Morgan fingerprint density at radius 3 is 2.41 bits per heavy atom. The maximum atomic E-state index is 12.5. The summed E-state index contributed by atoms with van der Waals surface area (Å²) in [5.74, 6) is 0. The van der Waals surface area contributed by atoms with E-state index < -0.39 is 16.3 Å². The maximum Gasteiger partial charge on any atom is 0.475 e. The minimum atomic E-state index is -4.72. The average molecular weight is 333 g/mol. The van der Waals surface area contributed by atoms with Gasteiger partial charge in [0.1, 0.15) is 0 Å². The summed E-state index contributed by atoms with van der Waals surface area (Å²) in [6.07, 6.45) is 3.23. The first kappa shape index (κ1) is 15.8. The van der Waals surface area contributed by atoms with Gasteiger partial charge in [0.25, 0.3) is 0 Å². The fraction of sp³-hybridized carbons (Fsp3) is 0.600. The third kappa shape index (κ3) is 2.88. The molecule has 2 fully saturated rings. The number of benzene rings is 1. The molecule has 1 aromatic rings. The van der Waals surface area contributed by atoms with Crippen LogP contribution >= 0.6 is 0 Å². The van der Waals surface area contributed by atoms with Crippen molar-refractivity contribution in [1.29, 1.82) is 0 Å². The van der Waals surface area contributed by atoms with E-state index in [-0.39, 0.29) is 16.5 Å². The summed E-state index contributed by atoms with van der Waals surface area (Å²) < 4.78 is 54.7. The zero-order chi connectivity index (χ0) is 16.0. The summed E-state index contributed by atoms with van der Waals surface area (Å²) in [6, 6.07) is 6.01. The Hall–Kier alpha value is -1.08. The third-order valence-electron chi connectivity index (χ3n) is 4.48. The Balaban J connectivity index is 1.78. The lowest BCUT2D eigenvalue weighted by molar-refractivity contribution is -0.116. The highest BCUT2D eigenvalue weighted by Gasteiger charge is 2.44. The number of hydrogen-bond donors (Lipinski definition) is 0. The molecule has 1 aliphatic carbocycles. The number of morpholine rings is 1. The molecule has 1 saturated carbocycles. The van der Waals surface area contributed by atoms with Crippen molar-refractivity contribution in [3.63, 3.8) is 0 Å². The lowest BCUT2D eigenvalue weighted by Gasteiger charge is -2.51. The number of halogens is 3. The second kappa shape index (κ2) is 5.53. The third-order valence-corrected chi connectivity index (χ3v) is 5.60. The zero-order valence-electron chi connectivity index (χ0n) is 12.2. The van der Waals surface area contributed by atoms with Gasteiger partial charge in [-0.1, -0.05) is 0 Å². The molecule has 22 heavy (non-hydrogen) atoms. The SMILES string of the molecule is CC1COC2(CCC2)CN1c1ccc(S(=O)C(F)(F)F)cc1. The van der Waals surface area contributed by atoms with Crippen LogP contribution in [0.15, 0.2) is 29.2 Å². The van der Waals surface area contributed by atoms with Crippen molar-refractivity contribution >= 4 is 16.5 Å². The molecule has 122 valence electrons. The summed E-state index contributed by atoms with van der Waals surface area (Å²) in [5, 5.41) is 0. The molecule has 0 radical (unpaired) electrons. The Morgan fingerprint density at radius 2 is 1.91 bits per heavy atom. The molecule has 0 aromatic heterocycles. The molecule has 1 aliphatic heterocycles. The maximum absolute atomic E-state index is 12.5. The van der Waals surface area contributed by atoms with Gasteiger partial charge in [-0.2, -0.15) is 13.2 Å². The van der Waals surface area contributed by atoms with Crippen LogP contribution in [0.5, 0.6) is 0 Å². The molecule has 7 heteroatoms. The molecule has 1 spiro atoms. The first-order chi connectivity index (χ1) is 10.3. The molecule has 1 saturated heterocycles. The van der Waals surface area contributed by atoms with Crippen molar-refractivity contribution in [3.05, 3.63) is 24.3 Å². The van der Waals surface area contributed by atoms with Crippen LogP contribution in [0, 0.1) is 0 Å². The predicted molar refractivity (Wildman–Crippen MR) is 78.2 cm³/mol. The van der Waals surface area contributed by atoms with Crippen LogP contribution in [-0.4, -0.2) is 34.5 Å². The van der Waals surface area contributed by atoms with E-state index in [0.29, 0.717) is 6.61 Å². The number of hydrogen-bond acceptors (Lipinski definition) is 3. The highest BCUT2D eigenvalue weighted by Crippen LogP contribution is 2.40. The molecule has 2 atom stereocenters. The molecule has 2 unspecified atom stereocenters. The van der Waals surface area contributed by atoms with Gasteiger partial charge in [-0.15, -0.1) is 0 Å². The van der Waals surface area contributed by atoms with Crippen molar-refractivity contribution in [3.8, 4) is 0 Å². The second-order valence-corrected chi connectivity index (χ2v) is 7.50. The van der Waals surface area contributed by atoms with Gasteiger partial charge in [0, 0.05) is 23.2 Å². The summed E-state index contributed by atoms with van der Waals surface area (Å²) in [7, 11) is -2.97. The Kier molecular flexibility index (Phi) is 3.97. The van der Waals surface area contributed by atoms with Gasteiger partial charge in [0.05, 0.1) is 12.2 Å². The van der Waals surface area contributed by atoms with Crippen LogP contribution in [0.1, 0.15) is 26.2 Å². The van der Waals surface area contributed by atoms with Gasteiger partial charge in [-0.25, -0.2) is 4.21 Å². The average Bonchev–Trinajstić information content (AvgIpc) is 2.45. The first-order valence-corrected chi connectivity index (χ1v) is 8.45. The first-order valence-electron chi connectivity index (χ1n) is 7.30. The lowest BCUT2D eigenvalue weighted by atomic mass is 9.78. The fourth-order valence-corrected chi connectivity index (χ4v) is 3.66. The van der Waals surface area contributed by atoms with Crippen LogP contribution < -0.4 is 4.90 Å². The number of ether oxygens (including phenoxy) is 1. The van der Waals surface area contributed by atoms with Crippen molar-refractivity contribution in [1.82, 2.24) is 0 Å². The summed E-state index contributed by atoms with van der Waals surface area (Å²) in [6.45, 7) is 3.42. The van der Waals surface area contributed by atoms with E-state index in [2.05, 4.69) is 4.90 Å². The Morgan fingerprint density at radius 1 is 1.27 bits per heavy atom. The van der Waals surface area contributed by atoms with E-state index in [0.717, 1.165) is 31.5 Å². The second-order valence-electron chi connectivity index (χ2n) is 6.03. The summed E-state index contributed by atoms with van der Waals surface area (Å²) in [4.78, 5) is 1.96. The van der Waals surface area contributed by atoms with Crippen molar-refractivity contribution in [2.45, 2.75) is 48.2 Å². The molecular weight excluding hydrogens is 315 g/mol. The largest absolute Gasteiger partial charge is 0.475 e. The van der Waals surface area contributed by atoms with E-state index >= 15 is 0 Å². The Labute approximate surface area is 129 Å². The van der Waals surface area contributed by atoms with E-state index in [1.54, 1.807) is 12.1 Å². The van der Waals surface area contributed by atoms with Crippen molar-refractivity contribution < 1.29 is 22.1 Å². The number of alkyl halides is 3. The number of anilines is 1. The standard InChI is InChI=1S/C15H18F3NO2S/c1-11-9-21-14(7-2-8-14)10-19(11)12-3-5-13(6-4-12)22(20)15(16,17)18/h3-6,11H,2,7-10H2,1H3. The summed E-state index contributed by atoms with van der Waals surface area (Å²) in [5.41, 5.74) is -3.95. The van der Waals surface area contributed by atoms with Gasteiger partial charge < -0.3 is 9.64 Å². The molecule has 1 aromatic carbocycles. The van der Waals surface area contributed by atoms with Crippen LogP contribution in [0.4, 0.5) is 18.9 Å². The normalized spacial score (nSPS) is 25.8. The Bertz CT molecular complexity index is 569. The number of nitrogens with zero attached hydrogens (tertiary/aromatic N) is 1. The fourth-order valence-electron chi connectivity index (χ4n) is 3.01. The number of rotatable bonds is 2. The molecular formula is C15H18F3NO2S. The van der Waals surface area contributed by atoms with E-state index in [1.165, 1.54) is 12.1 Å². The zero-order valence-corrected chi connectivity index (χ0v) is 13.0.